The summed E-state index contributed by atoms with van der Waals surface area (Å²) in [4.78, 5) is 10.9. The fourth-order valence-electron chi connectivity index (χ4n) is 1.41. The topological polar surface area (TPSA) is 75.5 Å². The van der Waals surface area contributed by atoms with Crippen LogP contribution in [0.15, 0.2) is 15.4 Å². The second-order valence-electron chi connectivity index (χ2n) is 3.51. The van der Waals surface area contributed by atoms with Crippen LogP contribution in [0.5, 0.6) is 0 Å². The van der Waals surface area contributed by atoms with Crippen molar-refractivity contribution < 1.29 is 14.4 Å². The summed E-state index contributed by atoms with van der Waals surface area (Å²) >= 11 is 0. The summed E-state index contributed by atoms with van der Waals surface area (Å²) in [6.07, 6.45) is -0.964. The second kappa shape index (κ2) is 4.43. The molecule has 0 bridgehead atoms. The third kappa shape index (κ3) is 2.24. The molecular weight excluding hydrogens is 186 g/mol. The molecule has 0 amide bonds. The number of H-pyrrole nitrogens is 1. The standard InChI is InChI=1S/C9H15NO4/c1-5(2)8(9(12)13-3)6-4-7(11)10-14-6/h4-5,8-9,12H,1-3H3,(H,10,11). The molecule has 1 aromatic rings. The van der Waals surface area contributed by atoms with Crippen molar-refractivity contribution in [1.82, 2.24) is 5.16 Å². The first-order chi connectivity index (χ1) is 6.56. The Morgan fingerprint density at radius 2 is 2.21 bits per heavy atom. The van der Waals surface area contributed by atoms with Gasteiger partial charge in [0.25, 0.3) is 5.56 Å². The Balaban J connectivity index is 2.94. The van der Waals surface area contributed by atoms with Crippen molar-refractivity contribution in [2.75, 3.05) is 7.11 Å². The molecule has 0 aliphatic carbocycles. The second-order valence-corrected chi connectivity index (χ2v) is 3.51. The van der Waals surface area contributed by atoms with E-state index in [1.54, 1.807) is 0 Å². The highest BCUT2D eigenvalue weighted by Gasteiger charge is 2.27. The lowest BCUT2D eigenvalue weighted by molar-refractivity contribution is -0.105. The van der Waals surface area contributed by atoms with Crippen LogP contribution in [0.2, 0.25) is 0 Å². The van der Waals surface area contributed by atoms with Crippen LogP contribution < -0.4 is 5.56 Å². The molecule has 1 aromatic heterocycles. The number of hydrogen-bond acceptors (Lipinski definition) is 4. The maximum absolute atomic E-state index is 10.9. The molecule has 0 saturated carbocycles. The number of rotatable bonds is 4. The average Bonchev–Trinajstić information content (AvgIpc) is 2.51. The molecule has 0 radical (unpaired) electrons. The molecule has 2 unspecified atom stereocenters. The Bertz CT molecular complexity index is 328. The Hall–Kier alpha value is -1.07. The number of aliphatic hydroxyl groups excluding tert-OH is 1. The number of aliphatic hydroxyl groups is 1. The number of nitrogens with one attached hydrogen (secondary N) is 1. The van der Waals surface area contributed by atoms with E-state index in [4.69, 9.17) is 9.26 Å². The van der Waals surface area contributed by atoms with Gasteiger partial charge in [0.2, 0.25) is 0 Å². The van der Waals surface area contributed by atoms with Gasteiger partial charge in [0.05, 0.1) is 5.92 Å². The van der Waals surface area contributed by atoms with Gasteiger partial charge in [-0.25, -0.2) is 0 Å². The van der Waals surface area contributed by atoms with Crippen molar-refractivity contribution in [2.45, 2.75) is 26.1 Å². The van der Waals surface area contributed by atoms with Crippen LogP contribution in [-0.4, -0.2) is 23.7 Å². The van der Waals surface area contributed by atoms with Crippen LogP contribution in [0.4, 0.5) is 0 Å². The maximum atomic E-state index is 10.9. The van der Waals surface area contributed by atoms with Crippen LogP contribution in [0.25, 0.3) is 0 Å². The van der Waals surface area contributed by atoms with E-state index in [2.05, 4.69) is 5.16 Å². The zero-order chi connectivity index (χ0) is 10.7. The summed E-state index contributed by atoms with van der Waals surface area (Å²) < 4.78 is 9.75. The van der Waals surface area contributed by atoms with Gasteiger partial charge in [-0.2, -0.15) is 5.16 Å². The third-order valence-corrected chi connectivity index (χ3v) is 2.14. The Kier molecular flexibility index (Phi) is 3.49. The molecule has 2 atom stereocenters. The molecule has 1 heterocycles. The van der Waals surface area contributed by atoms with Crippen LogP contribution >= 0.6 is 0 Å². The Labute approximate surface area is 81.7 Å². The Morgan fingerprint density at radius 1 is 1.57 bits per heavy atom. The number of aromatic nitrogens is 1. The van der Waals surface area contributed by atoms with Gasteiger partial charge in [-0.1, -0.05) is 13.8 Å². The summed E-state index contributed by atoms with van der Waals surface area (Å²) in [5, 5.41) is 11.7. The normalized spacial score (nSPS) is 15.8. The lowest BCUT2D eigenvalue weighted by atomic mass is 9.93. The van der Waals surface area contributed by atoms with Crippen molar-refractivity contribution in [3.05, 3.63) is 22.2 Å². The lowest BCUT2D eigenvalue weighted by Gasteiger charge is -2.22. The number of aromatic amines is 1. The predicted octanol–water partition coefficient (Wildman–Crippen LogP) is 0.672. The van der Waals surface area contributed by atoms with E-state index in [9.17, 15) is 9.90 Å². The molecule has 0 aliphatic rings. The van der Waals surface area contributed by atoms with Crippen LogP contribution in [0.1, 0.15) is 25.5 Å². The summed E-state index contributed by atoms with van der Waals surface area (Å²) in [6.45, 7) is 3.83. The number of methoxy groups -OCH3 is 1. The fraction of sp³-hybridized carbons (Fsp3) is 0.667. The zero-order valence-electron chi connectivity index (χ0n) is 8.48. The number of hydrogen-bond donors (Lipinski definition) is 2. The SMILES string of the molecule is COC(O)C(c1cc(=O)[nH]o1)C(C)C. The molecule has 0 spiro atoms. The van der Waals surface area contributed by atoms with E-state index < -0.39 is 6.29 Å². The van der Waals surface area contributed by atoms with Crippen LogP contribution in [0.3, 0.4) is 0 Å². The van der Waals surface area contributed by atoms with E-state index in [-0.39, 0.29) is 17.4 Å². The third-order valence-electron chi connectivity index (χ3n) is 2.14. The van der Waals surface area contributed by atoms with Gasteiger partial charge in [0.1, 0.15) is 5.76 Å². The van der Waals surface area contributed by atoms with Crippen molar-refractivity contribution >= 4 is 0 Å². The first kappa shape index (κ1) is 11.0. The van der Waals surface area contributed by atoms with Gasteiger partial charge >= 0.3 is 0 Å². The molecule has 0 fully saturated rings. The highest BCUT2D eigenvalue weighted by molar-refractivity contribution is 5.04. The van der Waals surface area contributed by atoms with Crippen LogP contribution in [0, 0.1) is 5.92 Å². The summed E-state index contributed by atoms with van der Waals surface area (Å²) in [6, 6.07) is 1.33. The molecule has 0 saturated heterocycles. The zero-order valence-corrected chi connectivity index (χ0v) is 8.48. The van der Waals surface area contributed by atoms with E-state index >= 15 is 0 Å². The predicted molar refractivity (Wildman–Crippen MR) is 49.9 cm³/mol. The van der Waals surface area contributed by atoms with Gasteiger partial charge in [0, 0.05) is 13.2 Å². The minimum absolute atomic E-state index is 0.115. The molecule has 5 heteroatoms. The van der Waals surface area contributed by atoms with Crippen molar-refractivity contribution in [3.63, 3.8) is 0 Å². The summed E-state index contributed by atoms with van der Waals surface area (Å²) in [5.41, 5.74) is -0.311. The maximum Gasteiger partial charge on any atom is 0.280 e. The van der Waals surface area contributed by atoms with Gasteiger partial charge in [-0.3, -0.25) is 4.79 Å². The highest BCUT2D eigenvalue weighted by atomic mass is 16.6. The molecule has 2 N–H and O–H groups in total. The molecule has 80 valence electrons. The van der Waals surface area contributed by atoms with E-state index in [1.807, 2.05) is 13.8 Å². The molecule has 0 aliphatic heterocycles. The molecule has 5 nitrogen and oxygen atoms in total. The van der Waals surface area contributed by atoms with Crippen molar-refractivity contribution in [2.24, 2.45) is 5.92 Å². The monoisotopic (exact) mass is 201 g/mol. The van der Waals surface area contributed by atoms with Crippen molar-refractivity contribution in [3.8, 4) is 0 Å². The summed E-state index contributed by atoms with van der Waals surface area (Å²) in [5.74, 6) is 0.196. The molecule has 1 rings (SSSR count). The minimum atomic E-state index is -0.964. The van der Waals surface area contributed by atoms with E-state index in [0.29, 0.717) is 5.76 Å². The van der Waals surface area contributed by atoms with E-state index in [0.717, 1.165) is 0 Å². The molecule has 0 aromatic carbocycles. The largest absolute Gasteiger partial charge is 0.383 e. The smallest absolute Gasteiger partial charge is 0.280 e. The van der Waals surface area contributed by atoms with Gasteiger partial charge < -0.3 is 14.4 Å². The first-order valence-electron chi connectivity index (χ1n) is 4.45. The van der Waals surface area contributed by atoms with Gasteiger partial charge in [-0.15, -0.1) is 0 Å². The van der Waals surface area contributed by atoms with Gasteiger partial charge in [0.15, 0.2) is 6.29 Å². The fourth-order valence-corrected chi connectivity index (χ4v) is 1.41. The van der Waals surface area contributed by atoms with Crippen molar-refractivity contribution in [1.29, 1.82) is 0 Å². The summed E-state index contributed by atoms with van der Waals surface area (Å²) in [7, 11) is 1.41. The average molecular weight is 201 g/mol. The number of ether oxygens (including phenoxy) is 1. The Morgan fingerprint density at radius 3 is 2.57 bits per heavy atom. The molecular formula is C9H15NO4. The first-order valence-corrected chi connectivity index (χ1v) is 4.45. The quantitative estimate of drug-likeness (QED) is 0.702. The van der Waals surface area contributed by atoms with Crippen LogP contribution in [-0.2, 0) is 4.74 Å². The lowest BCUT2D eigenvalue weighted by Crippen LogP contribution is -2.24. The van der Waals surface area contributed by atoms with E-state index in [1.165, 1.54) is 13.2 Å². The molecule has 14 heavy (non-hydrogen) atoms. The van der Waals surface area contributed by atoms with Gasteiger partial charge in [-0.05, 0) is 5.92 Å². The highest BCUT2D eigenvalue weighted by Crippen LogP contribution is 2.27. The minimum Gasteiger partial charge on any atom is -0.383 e.